The number of rotatable bonds is 6. The molecule has 88 valence electrons. The highest BCUT2D eigenvalue weighted by molar-refractivity contribution is 5.81. The summed E-state index contributed by atoms with van der Waals surface area (Å²) in [7, 11) is 0. The van der Waals surface area contributed by atoms with Gasteiger partial charge in [0.1, 0.15) is 0 Å². The lowest BCUT2D eigenvalue weighted by atomic mass is 10.2. The van der Waals surface area contributed by atoms with E-state index in [-0.39, 0.29) is 11.9 Å². The lowest BCUT2D eigenvalue weighted by Crippen LogP contribution is -2.45. The Morgan fingerprint density at radius 2 is 2.50 bits per heavy atom. The van der Waals surface area contributed by atoms with Crippen LogP contribution in [0.3, 0.4) is 0 Å². The molecule has 5 heteroatoms. The fourth-order valence-corrected chi connectivity index (χ4v) is 1.37. The van der Waals surface area contributed by atoms with Crippen LogP contribution in [0.2, 0.25) is 0 Å². The third kappa shape index (κ3) is 3.86. The maximum Gasteiger partial charge on any atom is 0.237 e. The van der Waals surface area contributed by atoms with Crippen LogP contribution in [0, 0.1) is 0 Å². The summed E-state index contributed by atoms with van der Waals surface area (Å²) in [5, 5.41) is 6.89. The molecular weight excluding hydrogens is 204 g/mol. The third-order valence-electron chi connectivity index (χ3n) is 2.17. The molecule has 0 aliphatic carbocycles. The van der Waals surface area contributed by atoms with Crippen LogP contribution in [-0.4, -0.2) is 27.8 Å². The van der Waals surface area contributed by atoms with Crippen LogP contribution in [0.5, 0.6) is 0 Å². The smallest absolute Gasteiger partial charge is 0.237 e. The minimum absolute atomic E-state index is 0.00302. The number of amides is 1. The van der Waals surface area contributed by atoms with Crippen molar-refractivity contribution < 1.29 is 4.79 Å². The second-order valence-electron chi connectivity index (χ2n) is 3.77. The van der Waals surface area contributed by atoms with E-state index in [0.29, 0.717) is 13.0 Å². The number of nitrogens with one attached hydrogen (secondary N) is 1. The molecule has 16 heavy (non-hydrogen) atoms. The molecule has 2 unspecified atom stereocenters. The molecule has 0 radical (unpaired) electrons. The zero-order chi connectivity index (χ0) is 12.0. The average Bonchev–Trinajstić information content (AvgIpc) is 2.70. The minimum atomic E-state index is -0.516. The molecule has 3 N–H and O–H groups in total. The van der Waals surface area contributed by atoms with E-state index < -0.39 is 6.04 Å². The Morgan fingerprint density at radius 1 is 1.75 bits per heavy atom. The zero-order valence-corrected chi connectivity index (χ0v) is 9.47. The molecule has 0 aromatic carbocycles. The minimum Gasteiger partial charge on any atom is -0.350 e. The average molecular weight is 222 g/mol. The van der Waals surface area contributed by atoms with Crippen molar-refractivity contribution in [1.82, 2.24) is 15.1 Å². The van der Waals surface area contributed by atoms with Crippen molar-refractivity contribution in [3.8, 4) is 0 Å². The monoisotopic (exact) mass is 222 g/mol. The topological polar surface area (TPSA) is 72.9 Å². The first kappa shape index (κ1) is 12.4. The van der Waals surface area contributed by atoms with Crippen LogP contribution in [-0.2, 0) is 11.3 Å². The van der Waals surface area contributed by atoms with Crippen LogP contribution < -0.4 is 11.1 Å². The van der Waals surface area contributed by atoms with Crippen molar-refractivity contribution in [1.29, 1.82) is 0 Å². The van der Waals surface area contributed by atoms with E-state index in [1.165, 1.54) is 0 Å². The molecule has 2 atom stereocenters. The number of nitrogens with zero attached hydrogens (tertiary/aromatic N) is 2. The van der Waals surface area contributed by atoms with E-state index in [0.717, 1.165) is 0 Å². The van der Waals surface area contributed by atoms with Crippen molar-refractivity contribution in [3.63, 3.8) is 0 Å². The van der Waals surface area contributed by atoms with Crippen molar-refractivity contribution in [2.24, 2.45) is 5.73 Å². The van der Waals surface area contributed by atoms with Gasteiger partial charge < -0.3 is 11.1 Å². The summed E-state index contributed by atoms with van der Waals surface area (Å²) in [6.45, 7) is 6.10. The van der Waals surface area contributed by atoms with Crippen LogP contribution in [0.4, 0.5) is 0 Å². The van der Waals surface area contributed by atoms with Crippen LogP contribution in [0.25, 0.3) is 0 Å². The van der Waals surface area contributed by atoms with E-state index in [1.54, 1.807) is 17.0 Å². The predicted octanol–water partition coefficient (Wildman–Crippen LogP) is 0.291. The third-order valence-corrected chi connectivity index (χ3v) is 2.17. The summed E-state index contributed by atoms with van der Waals surface area (Å²) in [6.07, 6.45) is 5.69. The van der Waals surface area contributed by atoms with E-state index >= 15 is 0 Å². The van der Waals surface area contributed by atoms with E-state index in [2.05, 4.69) is 17.0 Å². The highest BCUT2D eigenvalue weighted by atomic mass is 16.2. The van der Waals surface area contributed by atoms with Crippen molar-refractivity contribution in [2.75, 3.05) is 0 Å². The summed E-state index contributed by atoms with van der Waals surface area (Å²) in [5.41, 5.74) is 5.64. The van der Waals surface area contributed by atoms with Gasteiger partial charge >= 0.3 is 0 Å². The number of hydrogen-bond acceptors (Lipinski definition) is 3. The summed E-state index contributed by atoms with van der Waals surface area (Å²) in [6, 6.07) is 1.33. The molecule has 1 rings (SSSR count). The van der Waals surface area contributed by atoms with Crippen molar-refractivity contribution >= 4 is 5.91 Å². The molecule has 0 spiro atoms. The standard InChI is InChI=1S/C11H18N4O/c1-3-5-10(12)11(16)14-9(2)8-15-7-4-6-13-15/h3-4,6-7,9-10H,1,5,8,12H2,2H3,(H,14,16). The number of hydrogen-bond donors (Lipinski definition) is 2. The Balaban J connectivity index is 2.36. The van der Waals surface area contributed by atoms with Gasteiger partial charge in [0.15, 0.2) is 0 Å². The van der Waals surface area contributed by atoms with E-state index in [9.17, 15) is 4.79 Å². The first-order chi connectivity index (χ1) is 7.63. The lowest BCUT2D eigenvalue weighted by Gasteiger charge is -2.16. The van der Waals surface area contributed by atoms with Gasteiger partial charge in [0.05, 0.1) is 12.6 Å². The molecule has 0 bridgehead atoms. The lowest BCUT2D eigenvalue weighted by molar-refractivity contribution is -0.123. The quantitative estimate of drug-likeness (QED) is 0.679. The summed E-state index contributed by atoms with van der Waals surface area (Å²) >= 11 is 0. The number of aromatic nitrogens is 2. The van der Waals surface area contributed by atoms with Gasteiger partial charge in [-0.05, 0) is 19.4 Å². The number of nitrogens with two attached hydrogens (primary N) is 1. The molecule has 1 aromatic heterocycles. The Morgan fingerprint density at radius 3 is 3.06 bits per heavy atom. The Hall–Kier alpha value is -1.62. The SMILES string of the molecule is C=CCC(N)C(=O)NC(C)Cn1cccn1. The number of carbonyl (C=O) groups excluding carboxylic acids is 1. The van der Waals surface area contributed by atoms with Crippen molar-refractivity contribution in [2.45, 2.75) is 32.0 Å². The van der Waals surface area contributed by atoms with Gasteiger partial charge in [-0.2, -0.15) is 5.10 Å². The van der Waals surface area contributed by atoms with Gasteiger partial charge in [-0.3, -0.25) is 9.48 Å². The summed E-state index contributed by atoms with van der Waals surface area (Å²) in [5.74, 6) is -0.153. The summed E-state index contributed by atoms with van der Waals surface area (Å²) < 4.78 is 1.77. The Bertz CT molecular complexity index is 334. The molecule has 5 nitrogen and oxygen atoms in total. The fraction of sp³-hybridized carbons (Fsp3) is 0.455. The molecule has 0 aliphatic heterocycles. The van der Waals surface area contributed by atoms with Gasteiger partial charge in [0.25, 0.3) is 0 Å². The van der Waals surface area contributed by atoms with E-state index in [4.69, 9.17) is 5.73 Å². The molecule has 0 fully saturated rings. The second kappa shape index (κ2) is 6.07. The van der Waals surface area contributed by atoms with E-state index in [1.807, 2.05) is 19.2 Å². The van der Waals surface area contributed by atoms with Gasteiger partial charge in [0.2, 0.25) is 5.91 Å². The first-order valence-electron chi connectivity index (χ1n) is 5.27. The maximum atomic E-state index is 11.6. The van der Waals surface area contributed by atoms with Gasteiger partial charge in [-0.25, -0.2) is 0 Å². The predicted molar refractivity (Wildman–Crippen MR) is 62.6 cm³/mol. The Kier molecular flexibility index (Phi) is 4.72. The molecule has 0 saturated carbocycles. The molecule has 1 heterocycles. The molecular formula is C11H18N4O. The zero-order valence-electron chi connectivity index (χ0n) is 9.47. The van der Waals surface area contributed by atoms with Gasteiger partial charge in [-0.15, -0.1) is 6.58 Å². The number of carbonyl (C=O) groups is 1. The highest BCUT2D eigenvalue weighted by Gasteiger charge is 2.14. The molecule has 1 amide bonds. The van der Waals surface area contributed by atoms with Gasteiger partial charge in [-0.1, -0.05) is 6.08 Å². The first-order valence-corrected chi connectivity index (χ1v) is 5.27. The maximum absolute atomic E-state index is 11.6. The highest BCUT2D eigenvalue weighted by Crippen LogP contribution is 1.94. The van der Waals surface area contributed by atoms with Gasteiger partial charge in [0, 0.05) is 18.4 Å². The summed E-state index contributed by atoms with van der Waals surface area (Å²) in [4.78, 5) is 11.6. The largest absolute Gasteiger partial charge is 0.350 e. The molecule has 1 aromatic rings. The second-order valence-corrected chi connectivity index (χ2v) is 3.77. The molecule has 0 aliphatic rings. The normalized spacial score (nSPS) is 14.1. The molecule has 0 saturated heterocycles. The Labute approximate surface area is 95.3 Å². The van der Waals surface area contributed by atoms with Crippen LogP contribution in [0.1, 0.15) is 13.3 Å². The van der Waals surface area contributed by atoms with Crippen LogP contribution in [0.15, 0.2) is 31.1 Å². The fourth-order valence-electron chi connectivity index (χ4n) is 1.37. The van der Waals surface area contributed by atoms with Crippen LogP contribution >= 0.6 is 0 Å². The van der Waals surface area contributed by atoms with Crippen molar-refractivity contribution in [3.05, 3.63) is 31.1 Å².